The first-order valence-electron chi connectivity index (χ1n) is 8.20. The number of carbonyl (C=O) groups excluding carboxylic acids is 2. The smallest absolute Gasteiger partial charge is 0.357 e. The molecular formula is C19H19N3O3S2. The van der Waals surface area contributed by atoms with Crippen LogP contribution in [0.1, 0.15) is 15.4 Å². The van der Waals surface area contributed by atoms with Gasteiger partial charge in [0, 0.05) is 17.6 Å². The molecule has 6 nitrogen and oxygen atoms in total. The number of nitrogens with zero attached hydrogens (tertiary/aromatic N) is 3. The van der Waals surface area contributed by atoms with Gasteiger partial charge in [-0.15, -0.1) is 11.3 Å². The van der Waals surface area contributed by atoms with Crippen molar-refractivity contribution in [3.8, 4) is 5.69 Å². The molecule has 0 aliphatic rings. The number of esters is 1. The van der Waals surface area contributed by atoms with E-state index in [0.29, 0.717) is 17.4 Å². The van der Waals surface area contributed by atoms with Gasteiger partial charge >= 0.3 is 5.97 Å². The highest BCUT2D eigenvalue weighted by atomic mass is 32.2. The van der Waals surface area contributed by atoms with Crippen LogP contribution in [0.25, 0.3) is 5.69 Å². The van der Waals surface area contributed by atoms with E-state index in [9.17, 15) is 9.59 Å². The summed E-state index contributed by atoms with van der Waals surface area (Å²) in [5.74, 6) is -0.836. The van der Waals surface area contributed by atoms with Crippen LogP contribution in [-0.4, -0.2) is 46.2 Å². The van der Waals surface area contributed by atoms with Gasteiger partial charge < -0.3 is 9.64 Å². The highest BCUT2D eigenvalue weighted by Crippen LogP contribution is 2.22. The number of hydrogen-bond donors (Lipinski definition) is 0. The number of ether oxygens (including phenoxy) is 1. The largest absolute Gasteiger partial charge is 0.451 e. The molecule has 0 radical (unpaired) electrons. The lowest BCUT2D eigenvalue weighted by molar-refractivity contribution is -0.133. The minimum absolute atomic E-state index is 0.257. The third kappa shape index (κ3) is 4.58. The van der Waals surface area contributed by atoms with Crippen molar-refractivity contribution in [2.75, 3.05) is 19.9 Å². The Morgan fingerprint density at radius 1 is 1.22 bits per heavy atom. The Bertz CT molecular complexity index is 908. The Kier molecular flexibility index (Phi) is 6.31. The molecule has 27 heavy (non-hydrogen) atoms. The molecule has 0 aliphatic carbocycles. The molecule has 0 unspecified atom stereocenters. The summed E-state index contributed by atoms with van der Waals surface area (Å²) in [6.45, 7) is 0.182. The van der Waals surface area contributed by atoms with Gasteiger partial charge in [-0.3, -0.25) is 9.36 Å². The summed E-state index contributed by atoms with van der Waals surface area (Å²) in [6, 6.07) is 13.3. The van der Waals surface area contributed by atoms with Crippen molar-refractivity contribution in [2.45, 2.75) is 11.7 Å². The number of likely N-dealkylation sites (N-methyl/N-ethyl adjacent to an activating group) is 1. The van der Waals surface area contributed by atoms with E-state index < -0.39 is 5.97 Å². The van der Waals surface area contributed by atoms with Crippen molar-refractivity contribution in [2.24, 2.45) is 0 Å². The quantitative estimate of drug-likeness (QED) is 0.448. The Balaban J connectivity index is 1.68. The molecule has 8 heteroatoms. The zero-order valence-electron chi connectivity index (χ0n) is 15.0. The molecule has 140 valence electrons. The number of para-hydroxylation sites is 1. The van der Waals surface area contributed by atoms with Crippen molar-refractivity contribution in [3.05, 3.63) is 64.6 Å². The fourth-order valence-electron chi connectivity index (χ4n) is 2.49. The molecule has 3 aromatic rings. The Morgan fingerprint density at radius 2 is 2.00 bits per heavy atom. The van der Waals surface area contributed by atoms with Crippen LogP contribution in [0.5, 0.6) is 0 Å². The molecule has 3 rings (SSSR count). The summed E-state index contributed by atoms with van der Waals surface area (Å²) in [4.78, 5) is 31.7. The molecule has 2 heterocycles. The number of imidazole rings is 1. The normalized spacial score (nSPS) is 10.6. The van der Waals surface area contributed by atoms with Crippen LogP contribution in [0.3, 0.4) is 0 Å². The van der Waals surface area contributed by atoms with Crippen LogP contribution in [-0.2, 0) is 16.1 Å². The van der Waals surface area contributed by atoms with E-state index in [1.807, 2.05) is 54.1 Å². The van der Waals surface area contributed by atoms with Crippen molar-refractivity contribution >= 4 is 35.0 Å². The highest BCUT2D eigenvalue weighted by Gasteiger charge is 2.20. The number of thiophene rings is 1. The fourth-order valence-corrected chi connectivity index (χ4v) is 3.79. The summed E-state index contributed by atoms with van der Waals surface area (Å²) in [5, 5.41) is 2.64. The monoisotopic (exact) mass is 401 g/mol. The van der Waals surface area contributed by atoms with Gasteiger partial charge in [0.05, 0.1) is 12.7 Å². The molecule has 1 amide bonds. The number of thioether (sulfide) groups is 1. The molecule has 0 spiro atoms. The van der Waals surface area contributed by atoms with E-state index in [4.69, 9.17) is 4.74 Å². The molecule has 0 aliphatic heterocycles. The second-order valence-corrected chi connectivity index (χ2v) is 7.51. The van der Waals surface area contributed by atoms with Crippen LogP contribution < -0.4 is 0 Å². The number of carbonyl (C=O) groups is 2. The zero-order chi connectivity index (χ0) is 19.2. The van der Waals surface area contributed by atoms with E-state index in [-0.39, 0.29) is 12.5 Å². The molecule has 2 aromatic heterocycles. The van der Waals surface area contributed by atoms with Crippen molar-refractivity contribution in [1.29, 1.82) is 0 Å². The minimum Gasteiger partial charge on any atom is -0.451 e. The summed E-state index contributed by atoms with van der Waals surface area (Å²) in [7, 11) is 1.69. The van der Waals surface area contributed by atoms with Crippen LogP contribution in [0, 0.1) is 0 Å². The van der Waals surface area contributed by atoms with Gasteiger partial charge in [0.15, 0.2) is 17.5 Å². The van der Waals surface area contributed by atoms with Gasteiger partial charge in [-0.1, -0.05) is 36.0 Å². The van der Waals surface area contributed by atoms with Crippen LogP contribution in [0.4, 0.5) is 0 Å². The number of hydrogen-bond acceptors (Lipinski definition) is 6. The summed E-state index contributed by atoms with van der Waals surface area (Å²) < 4.78 is 6.98. The lowest BCUT2D eigenvalue weighted by atomic mass is 10.3. The van der Waals surface area contributed by atoms with Gasteiger partial charge in [0.1, 0.15) is 0 Å². The maximum absolute atomic E-state index is 12.6. The van der Waals surface area contributed by atoms with Crippen molar-refractivity contribution < 1.29 is 14.3 Å². The van der Waals surface area contributed by atoms with Crippen LogP contribution in [0.15, 0.2) is 59.2 Å². The molecule has 0 atom stereocenters. The average Bonchev–Trinajstić information content (AvgIpc) is 3.35. The fraction of sp³-hybridized carbons (Fsp3) is 0.211. The zero-order valence-corrected chi connectivity index (χ0v) is 16.6. The summed E-state index contributed by atoms with van der Waals surface area (Å²) in [6.07, 6.45) is 3.36. The van der Waals surface area contributed by atoms with Gasteiger partial charge in [0.25, 0.3) is 5.91 Å². The first-order valence-corrected chi connectivity index (χ1v) is 10.3. The molecule has 0 fully saturated rings. The van der Waals surface area contributed by atoms with E-state index in [0.717, 1.165) is 10.6 Å². The van der Waals surface area contributed by atoms with E-state index in [2.05, 4.69) is 4.98 Å². The molecule has 0 saturated carbocycles. The molecule has 0 saturated heterocycles. The average molecular weight is 402 g/mol. The van der Waals surface area contributed by atoms with Gasteiger partial charge in [0.2, 0.25) is 0 Å². The highest BCUT2D eigenvalue weighted by molar-refractivity contribution is 7.98. The van der Waals surface area contributed by atoms with E-state index in [1.54, 1.807) is 27.9 Å². The number of aromatic nitrogens is 2. The summed E-state index contributed by atoms with van der Waals surface area (Å²) >= 11 is 3.01. The van der Waals surface area contributed by atoms with E-state index >= 15 is 0 Å². The Hall–Kier alpha value is -2.58. The predicted octanol–water partition coefficient (Wildman–Crippen LogP) is 3.47. The first-order chi connectivity index (χ1) is 13.1. The molecule has 0 bridgehead atoms. The van der Waals surface area contributed by atoms with Crippen LogP contribution in [0.2, 0.25) is 0 Å². The maximum Gasteiger partial charge on any atom is 0.357 e. The van der Waals surface area contributed by atoms with Crippen molar-refractivity contribution in [3.63, 3.8) is 0 Å². The predicted molar refractivity (Wildman–Crippen MR) is 106 cm³/mol. The van der Waals surface area contributed by atoms with E-state index in [1.165, 1.54) is 18.0 Å². The number of amides is 1. The number of benzene rings is 1. The second-order valence-electron chi connectivity index (χ2n) is 5.71. The Morgan fingerprint density at radius 3 is 2.67 bits per heavy atom. The van der Waals surface area contributed by atoms with Gasteiger partial charge in [-0.05, 0) is 29.8 Å². The second kappa shape index (κ2) is 8.88. The SMILES string of the molecule is CSc1ncc(C(=O)OCC(=O)N(C)Cc2cccs2)n1-c1ccccc1. The van der Waals surface area contributed by atoms with Gasteiger partial charge in [-0.25, -0.2) is 9.78 Å². The maximum atomic E-state index is 12.6. The Labute approximate surface area is 165 Å². The van der Waals surface area contributed by atoms with Crippen LogP contribution >= 0.6 is 23.1 Å². The van der Waals surface area contributed by atoms with Gasteiger partial charge in [-0.2, -0.15) is 0 Å². The first kappa shape index (κ1) is 19.2. The molecule has 1 aromatic carbocycles. The molecular weight excluding hydrogens is 382 g/mol. The lowest BCUT2D eigenvalue weighted by Gasteiger charge is -2.16. The minimum atomic E-state index is -0.579. The number of rotatable bonds is 7. The third-order valence-corrected chi connectivity index (χ3v) is 5.38. The third-order valence-electron chi connectivity index (χ3n) is 3.86. The topological polar surface area (TPSA) is 64.4 Å². The summed E-state index contributed by atoms with van der Waals surface area (Å²) in [5.41, 5.74) is 1.10. The molecule has 0 N–H and O–H groups in total. The standard InChI is InChI=1S/C19H19N3O3S2/c1-21(12-15-9-6-10-27-15)17(23)13-25-18(24)16-11-20-19(26-2)22(16)14-7-4-3-5-8-14/h3-11H,12-13H2,1-2H3. The van der Waals surface area contributed by atoms with Crippen molar-refractivity contribution in [1.82, 2.24) is 14.5 Å². The lowest BCUT2D eigenvalue weighted by Crippen LogP contribution is -2.30.